The molecular weight excluding hydrogens is 237 g/mol. The van der Waals surface area contributed by atoms with Gasteiger partial charge in [0.15, 0.2) is 0 Å². The zero-order valence-electron chi connectivity index (χ0n) is 7.88. The molecule has 1 aromatic carbocycles. The molecule has 0 aliphatic rings. The first kappa shape index (κ1) is 11.8. The Bertz CT molecular complexity index is 438. The lowest BCUT2D eigenvalue weighted by Crippen LogP contribution is -2.06. The third-order valence-corrected chi connectivity index (χ3v) is 2.36. The first-order chi connectivity index (χ1) is 7.13. The molecule has 0 saturated carbocycles. The molecule has 0 N–H and O–H groups in total. The molecule has 0 saturated heterocycles. The van der Waals surface area contributed by atoms with Crippen molar-refractivity contribution >= 4 is 29.2 Å². The summed E-state index contributed by atoms with van der Waals surface area (Å²) in [6.07, 6.45) is 0. The molecule has 0 heterocycles. The number of carbonyl (C=O) groups is 1. The Morgan fingerprint density at radius 2 is 2.27 bits per heavy atom. The van der Waals surface area contributed by atoms with Gasteiger partial charge in [-0.25, -0.2) is 4.79 Å². The molecule has 0 aromatic heterocycles. The SMILES string of the molecule is COC(=O)c1cc(Cl)cc(C#N)c1CCl. The fourth-order valence-corrected chi connectivity index (χ4v) is 1.68. The number of hydrogen-bond donors (Lipinski definition) is 0. The largest absolute Gasteiger partial charge is 0.465 e. The Hall–Kier alpha value is -1.24. The molecule has 0 radical (unpaired) electrons. The molecular formula is C10H7Cl2NO2. The van der Waals surface area contributed by atoms with Crippen LogP contribution in [0.15, 0.2) is 12.1 Å². The van der Waals surface area contributed by atoms with Gasteiger partial charge in [-0.2, -0.15) is 5.26 Å². The summed E-state index contributed by atoms with van der Waals surface area (Å²) in [4.78, 5) is 11.4. The molecule has 0 bridgehead atoms. The highest BCUT2D eigenvalue weighted by Crippen LogP contribution is 2.23. The number of methoxy groups -OCH3 is 1. The third kappa shape index (κ3) is 2.41. The van der Waals surface area contributed by atoms with Gasteiger partial charge in [0.05, 0.1) is 24.3 Å². The summed E-state index contributed by atoms with van der Waals surface area (Å²) in [5.41, 5.74) is 0.963. The van der Waals surface area contributed by atoms with E-state index in [1.807, 2.05) is 6.07 Å². The van der Waals surface area contributed by atoms with E-state index in [1.165, 1.54) is 19.2 Å². The van der Waals surface area contributed by atoms with Crippen LogP contribution in [0.3, 0.4) is 0 Å². The van der Waals surface area contributed by atoms with Gasteiger partial charge in [0.25, 0.3) is 0 Å². The summed E-state index contributed by atoms with van der Waals surface area (Å²) in [5, 5.41) is 9.14. The van der Waals surface area contributed by atoms with E-state index < -0.39 is 5.97 Å². The Balaban J connectivity index is 3.43. The minimum absolute atomic E-state index is 0.0600. The Morgan fingerprint density at radius 3 is 2.73 bits per heavy atom. The average Bonchev–Trinajstić information content (AvgIpc) is 2.26. The first-order valence-electron chi connectivity index (χ1n) is 4.00. The summed E-state index contributed by atoms with van der Waals surface area (Å²) in [5.74, 6) is -0.491. The van der Waals surface area contributed by atoms with E-state index in [9.17, 15) is 4.79 Å². The summed E-state index contributed by atoms with van der Waals surface area (Å²) >= 11 is 11.4. The van der Waals surface area contributed by atoms with E-state index in [-0.39, 0.29) is 17.0 Å². The monoisotopic (exact) mass is 243 g/mol. The lowest BCUT2D eigenvalue weighted by atomic mass is 10.0. The highest BCUT2D eigenvalue weighted by Gasteiger charge is 2.16. The number of alkyl halides is 1. The quantitative estimate of drug-likeness (QED) is 0.593. The molecule has 1 rings (SSSR count). The van der Waals surface area contributed by atoms with Gasteiger partial charge in [-0.15, -0.1) is 11.6 Å². The number of esters is 1. The molecule has 1 aromatic rings. The maximum Gasteiger partial charge on any atom is 0.338 e. The first-order valence-corrected chi connectivity index (χ1v) is 4.92. The second-order valence-corrected chi connectivity index (χ2v) is 3.42. The van der Waals surface area contributed by atoms with E-state index >= 15 is 0 Å². The van der Waals surface area contributed by atoms with E-state index in [1.54, 1.807) is 0 Å². The molecule has 0 spiro atoms. The number of rotatable bonds is 2. The number of benzene rings is 1. The number of nitriles is 1. The second kappa shape index (κ2) is 5.01. The minimum atomic E-state index is -0.551. The number of ether oxygens (including phenoxy) is 1. The van der Waals surface area contributed by atoms with Crippen LogP contribution in [0.1, 0.15) is 21.5 Å². The summed E-state index contributed by atoms with van der Waals surface area (Å²) in [7, 11) is 1.26. The van der Waals surface area contributed by atoms with Crippen molar-refractivity contribution in [2.75, 3.05) is 7.11 Å². The second-order valence-electron chi connectivity index (χ2n) is 2.72. The van der Waals surface area contributed by atoms with Crippen LogP contribution in [0.2, 0.25) is 5.02 Å². The van der Waals surface area contributed by atoms with Crippen molar-refractivity contribution in [3.05, 3.63) is 33.8 Å². The lowest BCUT2D eigenvalue weighted by Gasteiger charge is -2.07. The van der Waals surface area contributed by atoms with Gasteiger partial charge in [-0.1, -0.05) is 11.6 Å². The molecule has 0 fully saturated rings. The topological polar surface area (TPSA) is 50.1 Å². The van der Waals surface area contributed by atoms with Gasteiger partial charge in [-0.05, 0) is 17.7 Å². The summed E-state index contributed by atoms with van der Waals surface area (Å²) in [6, 6.07) is 4.83. The summed E-state index contributed by atoms with van der Waals surface area (Å²) < 4.78 is 4.57. The molecule has 0 atom stereocenters. The average molecular weight is 244 g/mol. The Labute approximate surface area is 97.2 Å². The van der Waals surface area contributed by atoms with E-state index in [2.05, 4.69) is 4.74 Å². The van der Waals surface area contributed by atoms with E-state index in [0.29, 0.717) is 10.6 Å². The van der Waals surface area contributed by atoms with Crippen molar-refractivity contribution in [2.45, 2.75) is 5.88 Å². The van der Waals surface area contributed by atoms with Crippen molar-refractivity contribution in [3.63, 3.8) is 0 Å². The van der Waals surface area contributed by atoms with Gasteiger partial charge in [0.1, 0.15) is 0 Å². The van der Waals surface area contributed by atoms with Crippen LogP contribution in [0.5, 0.6) is 0 Å². The molecule has 0 aliphatic carbocycles. The Kier molecular flexibility index (Phi) is 3.96. The van der Waals surface area contributed by atoms with Crippen molar-refractivity contribution < 1.29 is 9.53 Å². The summed E-state index contributed by atoms with van der Waals surface area (Å²) in [6.45, 7) is 0. The van der Waals surface area contributed by atoms with Gasteiger partial charge < -0.3 is 4.74 Å². The van der Waals surface area contributed by atoms with Crippen LogP contribution in [0, 0.1) is 11.3 Å². The third-order valence-electron chi connectivity index (χ3n) is 1.87. The molecule has 0 aliphatic heterocycles. The molecule has 0 amide bonds. The van der Waals surface area contributed by atoms with E-state index in [0.717, 1.165) is 0 Å². The molecule has 3 nitrogen and oxygen atoms in total. The molecule has 15 heavy (non-hydrogen) atoms. The molecule has 78 valence electrons. The Morgan fingerprint density at radius 1 is 1.60 bits per heavy atom. The smallest absolute Gasteiger partial charge is 0.338 e. The lowest BCUT2D eigenvalue weighted by molar-refractivity contribution is 0.0599. The molecule has 0 unspecified atom stereocenters. The zero-order valence-corrected chi connectivity index (χ0v) is 9.39. The van der Waals surface area contributed by atoms with Gasteiger partial charge in [0.2, 0.25) is 0 Å². The number of carbonyl (C=O) groups excluding carboxylic acids is 1. The van der Waals surface area contributed by atoms with Crippen LogP contribution in [0.25, 0.3) is 0 Å². The predicted molar refractivity (Wildman–Crippen MR) is 57.1 cm³/mol. The zero-order chi connectivity index (χ0) is 11.4. The van der Waals surface area contributed by atoms with Crippen LogP contribution in [-0.4, -0.2) is 13.1 Å². The molecule has 5 heteroatoms. The fraction of sp³-hybridized carbons (Fsp3) is 0.200. The van der Waals surface area contributed by atoms with Crippen LogP contribution < -0.4 is 0 Å². The highest BCUT2D eigenvalue weighted by atomic mass is 35.5. The number of halogens is 2. The van der Waals surface area contributed by atoms with E-state index in [4.69, 9.17) is 28.5 Å². The minimum Gasteiger partial charge on any atom is -0.465 e. The van der Waals surface area contributed by atoms with Crippen molar-refractivity contribution in [3.8, 4) is 6.07 Å². The van der Waals surface area contributed by atoms with Crippen LogP contribution in [-0.2, 0) is 10.6 Å². The normalized spacial score (nSPS) is 9.47. The van der Waals surface area contributed by atoms with Crippen LogP contribution in [0.4, 0.5) is 0 Å². The maximum atomic E-state index is 11.4. The van der Waals surface area contributed by atoms with Crippen molar-refractivity contribution in [1.29, 1.82) is 5.26 Å². The van der Waals surface area contributed by atoms with Gasteiger partial charge in [-0.3, -0.25) is 0 Å². The van der Waals surface area contributed by atoms with Crippen LogP contribution >= 0.6 is 23.2 Å². The number of nitrogens with zero attached hydrogens (tertiary/aromatic N) is 1. The maximum absolute atomic E-state index is 11.4. The number of hydrogen-bond acceptors (Lipinski definition) is 3. The fourth-order valence-electron chi connectivity index (χ4n) is 1.17. The van der Waals surface area contributed by atoms with Gasteiger partial charge >= 0.3 is 5.97 Å². The van der Waals surface area contributed by atoms with Gasteiger partial charge in [0, 0.05) is 10.9 Å². The van der Waals surface area contributed by atoms with Crippen molar-refractivity contribution in [2.24, 2.45) is 0 Å². The van der Waals surface area contributed by atoms with Crippen molar-refractivity contribution in [1.82, 2.24) is 0 Å². The standard InChI is InChI=1S/C10H7Cl2NO2/c1-15-10(14)8-3-7(12)2-6(5-13)9(8)4-11/h2-3H,4H2,1H3. The highest BCUT2D eigenvalue weighted by molar-refractivity contribution is 6.31. The predicted octanol–water partition coefficient (Wildman–Crippen LogP) is 2.74.